The van der Waals surface area contributed by atoms with Crippen LogP contribution in [0, 0.1) is 12.8 Å². The highest BCUT2D eigenvalue weighted by Crippen LogP contribution is 2.28. The molecule has 0 saturated carbocycles. The molecule has 2 unspecified atom stereocenters. The lowest BCUT2D eigenvalue weighted by molar-refractivity contribution is -0.124. The summed E-state index contributed by atoms with van der Waals surface area (Å²) >= 11 is 0. The summed E-state index contributed by atoms with van der Waals surface area (Å²) in [5, 5.41) is 6.12. The minimum absolute atomic E-state index is 0.204. The fraction of sp³-hybridized carbons (Fsp3) is 0.643. The van der Waals surface area contributed by atoms with Gasteiger partial charge in [0.15, 0.2) is 0 Å². The van der Waals surface area contributed by atoms with Crippen LogP contribution in [0.1, 0.15) is 25.0 Å². The van der Waals surface area contributed by atoms with Gasteiger partial charge in [-0.1, -0.05) is 0 Å². The number of nitrogens with one attached hydrogen (secondary N) is 2. The molecule has 3 rings (SSSR count). The van der Waals surface area contributed by atoms with E-state index in [-0.39, 0.29) is 5.91 Å². The van der Waals surface area contributed by atoms with Gasteiger partial charge in [-0.15, -0.1) is 0 Å². The largest absolute Gasteiger partial charge is 0.357 e. The molecule has 2 fully saturated rings. The Hall–Kier alpha value is -1.85. The fourth-order valence-corrected chi connectivity index (χ4v) is 3.14. The number of rotatable bonds is 2. The van der Waals surface area contributed by atoms with Crippen molar-refractivity contribution in [1.29, 1.82) is 0 Å². The Morgan fingerprint density at radius 2 is 2.25 bits per heavy atom. The van der Waals surface area contributed by atoms with E-state index in [1.165, 1.54) is 0 Å². The maximum Gasteiger partial charge on any atom is 0.224 e. The fourth-order valence-electron chi connectivity index (χ4n) is 3.14. The van der Waals surface area contributed by atoms with Crippen LogP contribution in [0.15, 0.2) is 6.07 Å². The van der Waals surface area contributed by atoms with Crippen LogP contribution in [0.3, 0.4) is 0 Å². The lowest BCUT2D eigenvalue weighted by atomic mass is 9.85. The minimum Gasteiger partial charge on any atom is -0.357 e. The number of hydrogen-bond donors (Lipinski definition) is 2. The van der Waals surface area contributed by atoms with Crippen molar-refractivity contribution in [3.63, 3.8) is 0 Å². The molecule has 2 N–H and O–H groups in total. The van der Waals surface area contributed by atoms with Gasteiger partial charge in [-0.25, -0.2) is 4.98 Å². The molecular weight excluding hydrogens is 254 g/mol. The second-order valence-corrected chi connectivity index (χ2v) is 5.65. The van der Waals surface area contributed by atoms with E-state index in [0.29, 0.717) is 24.3 Å². The van der Waals surface area contributed by atoms with Gasteiger partial charge in [-0.05, 0) is 25.7 Å². The third kappa shape index (κ3) is 2.55. The molecule has 1 aromatic rings. The van der Waals surface area contributed by atoms with Crippen LogP contribution in [0.5, 0.6) is 0 Å². The summed E-state index contributed by atoms with van der Waals surface area (Å²) in [6, 6.07) is 2.38. The van der Waals surface area contributed by atoms with Gasteiger partial charge < -0.3 is 15.5 Å². The number of aromatic nitrogens is 2. The minimum atomic E-state index is 0.204. The number of piperidine rings is 2. The molecule has 0 radical (unpaired) electrons. The normalized spacial score (nSPS) is 25.9. The topological polar surface area (TPSA) is 70.2 Å². The van der Waals surface area contributed by atoms with Gasteiger partial charge in [0.05, 0.1) is 0 Å². The monoisotopic (exact) mass is 275 g/mol. The molecule has 108 valence electrons. The SMILES string of the molecule is CNc1nc(C)cc(N2CCC3NC(=O)CCC3C2)n1. The molecule has 2 atom stereocenters. The Kier molecular flexibility index (Phi) is 3.46. The van der Waals surface area contributed by atoms with E-state index in [2.05, 4.69) is 25.5 Å². The Balaban J connectivity index is 1.76. The van der Waals surface area contributed by atoms with E-state index in [1.54, 1.807) is 0 Å². The lowest BCUT2D eigenvalue weighted by Gasteiger charge is -2.41. The van der Waals surface area contributed by atoms with Crippen LogP contribution in [0.25, 0.3) is 0 Å². The molecule has 2 aliphatic heterocycles. The zero-order valence-corrected chi connectivity index (χ0v) is 12.0. The van der Waals surface area contributed by atoms with Gasteiger partial charge in [0, 0.05) is 44.4 Å². The first-order valence-electron chi connectivity index (χ1n) is 7.23. The summed E-state index contributed by atoms with van der Waals surface area (Å²) in [5.41, 5.74) is 0.971. The number of aryl methyl sites for hydroxylation is 1. The Bertz CT molecular complexity index is 518. The highest BCUT2D eigenvalue weighted by atomic mass is 16.1. The first-order chi connectivity index (χ1) is 9.65. The van der Waals surface area contributed by atoms with E-state index >= 15 is 0 Å². The molecule has 20 heavy (non-hydrogen) atoms. The van der Waals surface area contributed by atoms with Crippen LogP contribution in [0.2, 0.25) is 0 Å². The molecule has 0 bridgehead atoms. The number of fused-ring (bicyclic) bond motifs is 1. The smallest absolute Gasteiger partial charge is 0.224 e. The zero-order valence-electron chi connectivity index (χ0n) is 12.0. The Labute approximate surface area is 119 Å². The Morgan fingerprint density at radius 1 is 1.40 bits per heavy atom. The van der Waals surface area contributed by atoms with Gasteiger partial charge in [-0.2, -0.15) is 4.98 Å². The van der Waals surface area contributed by atoms with Gasteiger partial charge in [0.25, 0.3) is 0 Å². The van der Waals surface area contributed by atoms with Gasteiger partial charge in [-0.3, -0.25) is 4.79 Å². The van der Waals surface area contributed by atoms with E-state index in [0.717, 1.165) is 37.4 Å². The lowest BCUT2D eigenvalue weighted by Crippen LogP contribution is -2.54. The first kappa shape index (κ1) is 13.1. The summed E-state index contributed by atoms with van der Waals surface area (Å²) in [7, 11) is 1.83. The molecule has 6 heteroatoms. The summed E-state index contributed by atoms with van der Waals surface area (Å²) in [4.78, 5) is 22.6. The van der Waals surface area contributed by atoms with Gasteiger partial charge >= 0.3 is 0 Å². The number of carbonyl (C=O) groups excluding carboxylic acids is 1. The average Bonchev–Trinajstić information content (AvgIpc) is 2.46. The second-order valence-electron chi connectivity index (χ2n) is 5.65. The molecule has 1 amide bonds. The molecule has 6 nitrogen and oxygen atoms in total. The van der Waals surface area contributed by atoms with Crippen LogP contribution in [-0.4, -0.2) is 42.1 Å². The molecule has 1 aromatic heterocycles. The maximum atomic E-state index is 11.4. The van der Waals surface area contributed by atoms with Crippen molar-refractivity contribution in [2.24, 2.45) is 5.92 Å². The van der Waals surface area contributed by atoms with Crippen molar-refractivity contribution in [2.45, 2.75) is 32.2 Å². The van der Waals surface area contributed by atoms with Crippen LogP contribution in [-0.2, 0) is 4.79 Å². The van der Waals surface area contributed by atoms with E-state index in [9.17, 15) is 4.79 Å². The van der Waals surface area contributed by atoms with Gasteiger partial charge in [0.2, 0.25) is 11.9 Å². The third-order valence-corrected chi connectivity index (χ3v) is 4.21. The van der Waals surface area contributed by atoms with E-state index in [1.807, 2.05) is 20.0 Å². The average molecular weight is 275 g/mol. The molecule has 0 aromatic carbocycles. The molecule has 0 aliphatic carbocycles. The molecule has 2 aliphatic rings. The predicted molar refractivity (Wildman–Crippen MR) is 77.8 cm³/mol. The predicted octanol–water partition coefficient (Wildman–Crippen LogP) is 0.932. The van der Waals surface area contributed by atoms with Gasteiger partial charge in [0.1, 0.15) is 5.82 Å². The summed E-state index contributed by atoms with van der Waals surface area (Å²) in [6.45, 7) is 3.88. The standard InChI is InChI=1S/C14H21N5O/c1-9-7-12(18-14(15-2)16-9)19-6-5-11-10(8-19)3-4-13(20)17-11/h7,10-11H,3-6,8H2,1-2H3,(H,17,20)(H,15,16,18). The zero-order chi connectivity index (χ0) is 14.1. The number of nitrogens with zero attached hydrogens (tertiary/aromatic N) is 3. The highest BCUT2D eigenvalue weighted by molar-refractivity contribution is 5.77. The van der Waals surface area contributed by atoms with Crippen LogP contribution in [0.4, 0.5) is 11.8 Å². The van der Waals surface area contributed by atoms with E-state index < -0.39 is 0 Å². The van der Waals surface area contributed by atoms with Crippen LogP contribution >= 0.6 is 0 Å². The summed E-state index contributed by atoms with van der Waals surface area (Å²) in [6.07, 6.45) is 2.63. The molecule has 0 spiro atoms. The number of anilines is 2. The third-order valence-electron chi connectivity index (χ3n) is 4.21. The first-order valence-corrected chi connectivity index (χ1v) is 7.23. The highest BCUT2D eigenvalue weighted by Gasteiger charge is 2.34. The van der Waals surface area contributed by atoms with Crippen molar-refractivity contribution in [3.05, 3.63) is 11.8 Å². The molecular formula is C14H21N5O. The van der Waals surface area contributed by atoms with Crippen molar-refractivity contribution in [1.82, 2.24) is 15.3 Å². The Morgan fingerprint density at radius 3 is 3.05 bits per heavy atom. The number of carbonyl (C=O) groups is 1. The quantitative estimate of drug-likeness (QED) is 0.840. The molecule has 3 heterocycles. The van der Waals surface area contributed by atoms with Crippen LogP contribution < -0.4 is 15.5 Å². The van der Waals surface area contributed by atoms with Crippen molar-refractivity contribution in [2.75, 3.05) is 30.4 Å². The summed E-state index contributed by atoms with van der Waals surface area (Å²) < 4.78 is 0. The maximum absolute atomic E-state index is 11.4. The number of amides is 1. The van der Waals surface area contributed by atoms with E-state index in [4.69, 9.17) is 0 Å². The summed E-state index contributed by atoms with van der Waals surface area (Å²) in [5.74, 6) is 2.39. The van der Waals surface area contributed by atoms with Crippen molar-refractivity contribution >= 4 is 17.7 Å². The van der Waals surface area contributed by atoms with Crippen molar-refractivity contribution in [3.8, 4) is 0 Å². The number of hydrogen-bond acceptors (Lipinski definition) is 5. The molecule has 2 saturated heterocycles. The second kappa shape index (κ2) is 5.26. The van der Waals surface area contributed by atoms with Crippen molar-refractivity contribution < 1.29 is 4.79 Å².